The topological polar surface area (TPSA) is 57.7 Å². The van der Waals surface area contributed by atoms with Gasteiger partial charge in [-0.05, 0) is 26.2 Å². The van der Waals surface area contributed by atoms with Crippen molar-refractivity contribution < 1.29 is 14.4 Å². The first kappa shape index (κ1) is 14.7. The number of amides is 2. The van der Waals surface area contributed by atoms with Crippen molar-refractivity contribution in [3.05, 3.63) is 0 Å². The lowest BCUT2D eigenvalue weighted by Gasteiger charge is -2.33. The predicted octanol–water partition coefficient (Wildman–Crippen LogP) is 0.826. The fourth-order valence-corrected chi connectivity index (χ4v) is 2.06. The number of hydrogen-bond acceptors (Lipinski definition) is 3. The number of piperazine rings is 1. The smallest absolute Gasteiger partial charge is 0.242 e. The molecular weight excluding hydrogens is 232 g/mol. The summed E-state index contributed by atoms with van der Waals surface area (Å²) in [5.41, 5.74) is 0. The molecule has 0 unspecified atom stereocenters. The number of ketones is 1. The van der Waals surface area contributed by atoms with Gasteiger partial charge in [-0.3, -0.25) is 9.59 Å². The molecule has 0 aromatic rings. The zero-order chi connectivity index (χ0) is 13.5. The summed E-state index contributed by atoms with van der Waals surface area (Å²) in [7, 11) is 0. The molecular formula is C13H22N2O3. The van der Waals surface area contributed by atoms with Gasteiger partial charge in [-0.2, -0.15) is 0 Å². The molecule has 2 amide bonds. The van der Waals surface area contributed by atoms with Crippen LogP contribution < -0.4 is 0 Å². The molecule has 1 saturated heterocycles. The molecule has 1 rings (SSSR count). The zero-order valence-electron chi connectivity index (χ0n) is 11.3. The fourth-order valence-electron chi connectivity index (χ4n) is 2.06. The molecule has 102 valence electrons. The number of unbranched alkanes of at least 4 members (excludes halogenated alkanes) is 1. The second kappa shape index (κ2) is 7.13. The Balaban J connectivity index is 2.33. The summed E-state index contributed by atoms with van der Waals surface area (Å²) in [6.07, 6.45) is 2.99. The van der Waals surface area contributed by atoms with Gasteiger partial charge in [0.25, 0.3) is 0 Å². The Morgan fingerprint density at radius 2 is 1.61 bits per heavy atom. The normalized spacial score (nSPS) is 16.3. The van der Waals surface area contributed by atoms with Gasteiger partial charge in [0.05, 0.1) is 13.1 Å². The summed E-state index contributed by atoms with van der Waals surface area (Å²) >= 11 is 0. The van der Waals surface area contributed by atoms with E-state index in [9.17, 15) is 14.4 Å². The van der Waals surface area contributed by atoms with E-state index >= 15 is 0 Å². The van der Waals surface area contributed by atoms with Crippen molar-refractivity contribution in [2.45, 2.75) is 39.5 Å². The Bertz CT molecular complexity index is 328. The van der Waals surface area contributed by atoms with E-state index < -0.39 is 0 Å². The predicted molar refractivity (Wildman–Crippen MR) is 68.0 cm³/mol. The fraction of sp³-hybridized carbons (Fsp3) is 0.769. The van der Waals surface area contributed by atoms with Gasteiger partial charge in [-0.25, -0.2) is 0 Å². The van der Waals surface area contributed by atoms with Crippen LogP contribution in [0, 0.1) is 0 Å². The van der Waals surface area contributed by atoms with Crippen molar-refractivity contribution in [1.82, 2.24) is 9.80 Å². The molecule has 5 nitrogen and oxygen atoms in total. The third-order valence-electron chi connectivity index (χ3n) is 3.06. The number of hydrogen-bond donors (Lipinski definition) is 0. The molecule has 0 N–H and O–H groups in total. The maximum absolute atomic E-state index is 11.8. The molecule has 1 aliphatic rings. The lowest BCUT2D eigenvalue weighted by molar-refractivity contribution is -0.150. The molecule has 0 spiro atoms. The van der Waals surface area contributed by atoms with Gasteiger partial charge in [0, 0.05) is 19.5 Å². The minimum atomic E-state index is 0.0193. The lowest BCUT2D eigenvalue weighted by atomic mass is 10.1. The molecule has 0 saturated carbocycles. The average Bonchev–Trinajstić information content (AvgIpc) is 2.30. The Morgan fingerprint density at radius 3 is 2.11 bits per heavy atom. The van der Waals surface area contributed by atoms with Crippen molar-refractivity contribution in [3.63, 3.8) is 0 Å². The maximum Gasteiger partial charge on any atom is 0.242 e. The molecule has 5 heteroatoms. The molecule has 0 atom stereocenters. The van der Waals surface area contributed by atoms with E-state index in [1.165, 1.54) is 0 Å². The third kappa shape index (κ3) is 4.47. The summed E-state index contributed by atoms with van der Waals surface area (Å²) in [6.45, 7) is 5.20. The monoisotopic (exact) mass is 254 g/mol. The first-order valence-corrected chi connectivity index (χ1v) is 6.59. The average molecular weight is 254 g/mol. The summed E-state index contributed by atoms with van der Waals surface area (Å²) in [4.78, 5) is 37.6. The van der Waals surface area contributed by atoms with Gasteiger partial charge in [-0.15, -0.1) is 0 Å². The number of nitrogens with zero attached hydrogens (tertiary/aromatic N) is 2. The van der Waals surface area contributed by atoms with Crippen molar-refractivity contribution in [3.8, 4) is 0 Å². The van der Waals surface area contributed by atoms with Crippen LogP contribution in [0.3, 0.4) is 0 Å². The molecule has 0 aromatic heterocycles. The van der Waals surface area contributed by atoms with E-state index in [1.54, 1.807) is 16.7 Å². The van der Waals surface area contributed by atoms with E-state index in [0.29, 0.717) is 19.5 Å². The van der Waals surface area contributed by atoms with Crippen LogP contribution in [0.2, 0.25) is 0 Å². The van der Waals surface area contributed by atoms with Crippen LogP contribution in [0.4, 0.5) is 0 Å². The highest BCUT2D eigenvalue weighted by Crippen LogP contribution is 2.08. The minimum Gasteiger partial charge on any atom is -0.332 e. The van der Waals surface area contributed by atoms with Crippen LogP contribution >= 0.6 is 0 Å². The van der Waals surface area contributed by atoms with Crippen LogP contribution in [0.25, 0.3) is 0 Å². The maximum atomic E-state index is 11.8. The molecule has 0 aromatic carbocycles. The molecule has 0 aliphatic carbocycles. The quantitative estimate of drug-likeness (QED) is 0.632. The van der Waals surface area contributed by atoms with Crippen LogP contribution in [0.5, 0.6) is 0 Å². The van der Waals surface area contributed by atoms with Gasteiger partial charge >= 0.3 is 0 Å². The third-order valence-corrected chi connectivity index (χ3v) is 3.06. The van der Waals surface area contributed by atoms with Crippen molar-refractivity contribution >= 4 is 17.6 Å². The summed E-state index contributed by atoms with van der Waals surface area (Å²) < 4.78 is 0. The van der Waals surface area contributed by atoms with Crippen LogP contribution in [0.1, 0.15) is 39.5 Å². The van der Waals surface area contributed by atoms with Gasteiger partial charge < -0.3 is 14.6 Å². The van der Waals surface area contributed by atoms with Crippen molar-refractivity contribution in [2.75, 3.05) is 26.2 Å². The van der Waals surface area contributed by atoms with Crippen LogP contribution in [0.15, 0.2) is 0 Å². The first-order chi connectivity index (χ1) is 8.54. The summed E-state index contributed by atoms with van der Waals surface area (Å²) in [6, 6.07) is 0. The van der Waals surface area contributed by atoms with E-state index in [4.69, 9.17) is 0 Å². The van der Waals surface area contributed by atoms with Crippen LogP contribution in [-0.4, -0.2) is 53.6 Å². The largest absolute Gasteiger partial charge is 0.332 e. The van der Waals surface area contributed by atoms with Crippen molar-refractivity contribution in [1.29, 1.82) is 0 Å². The number of carbonyl (C=O) groups is 3. The Morgan fingerprint density at radius 1 is 1.06 bits per heavy atom. The van der Waals surface area contributed by atoms with Gasteiger partial charge in [0.15, 0.2) is 0 Å². The molecule has 18 heavy (non-hydrogen) atoms. The van der Waals surface area contributed by atoms with E-state index in [1.807, 2.05) is 6.92 Å². The second-order valence-electron chi connectivity index (χ2n) is 4.79. The Kier molecular flexibility index (Phi) is 5.82. The molecule has 0 bridgehead atoms. The van der Waals surface area contributed by atoms with Gasteiger partial charge in [0.1, 0.15) is 5.78 Å². The van der Waals surface area contributed by atoms with Crippen LogP contribution in [-0.2, 0) is 14.4 Å². The standard InChI is InChI=1S/C13H22N2O3/c1-3-7-14-9-13(18)15(10-12(14)17)8-5-4-6-11(2)16/h3-10H2,1-2H3. The molecule has 0 radical (unpaired) electrons. The SMILES string of the molecule is CCCN1CC(=O)N(CCCCC(C)=O)CC1=O. The Labute approximate surface area is 108 Å². The first-order valence-electron chi connectivity index (χ1n) is 6.59. The van der Waals surface area contributed by atoms with E-state index in [-0.39, 0.29) is 30.7 Å². The molecule has 1 aliphatic heterocycles. The zero-order valence-corrected chi connectivity index (χ0v) is 11.3. The summed E-state index contributed by atoms with van der Waals surface area (Å²) in [5.74, 6) is 0.221. The number of carbonyl (C=O) groups excluding carboxylic acids is 3. The van der Waals surface area contributed by atoms with Gasteiger partial charge in [0.2, 0.25) is 11.8 Å². The lowest BCUT2D eigenvalue weighted by Crippen LogP contribution is -2.53. The highest BCUT2D eigenvalue weighted by atomic mass is 16.2. The minimum absolute atomic E-state index is 0.0193. The Hall–Kier alpha value is -1.39. The summed E-state index contributed by atoms with van der Waals surface area (Å²) in [5, 5.41) is 0. The molecule has 1 heterocycles. The highest BCUT2D eigenvalue weighted by Gasteiger charge is 2.28. The van der Waals surface area contributed by atoms with Gasteiger partial charge in [-0.1, -0.05) is 6.92 Å². The second-order valence-corrected chi connectivity index (χ2v) is 4.79. The highest BCUT2D eigenvalue weighted by molar-refractivity contribution is 5.92. The van der Waals surface area contributed by atoms with Crippen molar-refractivity contribution in [2.24, 2.45) is 0 Å². The molecule has 1 fully saturated rings. The van der Waals surface area contributed by atoms with E-state index in [0.717, 1.165) is 19.3 Å². The van der Waals surface area contributed by atoms with E-state index in [2.05, 4.69) is 0 Å². The number of Topliss-reactive ketones (excluding diaryl/α,β-unsaturated/α-hetero) is 1. The number of rotatable bonds is 7.